The molecule has 0 saturated carbocycles. The maximum atomic E-state index is 15.0. The third-order valence-electron chi connectivity index (χ3n) is 8.11. The van der Waals surface area contributed by atoms with Gasteiger partial charge in [-0.2, -0.15) is 0 Å². The molecule has 1 saturated heterocycles. The Morgan fingerprint density at radius 1 is 0.773 bits per heavy atom. The molecule has 0 bridgehead atoms. The number of hydrogen-bond donors (Lipinski definition) is 0. The van der Waals surface area contributed by atoms with Gasteiger partial charge in [0.1, 0.15) is 5.82 Å². The number of carbonyl (C=O) groups is 5. The van der Waals surface area contributed by atoms with Gasteiger partial charge in [0.05, 0.1) is 31.9 Å². The van der Waals surface area contributed by atoms with E-state index in [-0.39, 0.29) is 59.4 Å². The van der Waals surface area contributed by atoms with Crippen molar-refractivity contribution in [2.75, 3.05) is 47.9 Å². The van der Waals surface area contributed by atoms with Gasteiger partial charge in [0, 0.05) is 56.1 Å². The summed E-state index contributed by atoms with van der Waals surface area (Å²) in [7, 11) is 5.72. The number of Topliss-reactive ketones (excluding diaryl/α,β-unsaturated/α-hetero) is 2. The van der Waals surface area contributed by atoms with E-state index in [1.54, 1.807) is 62.3 Å². The molecule has 44 heavy (non-hydrogen) atoms. The monoisotopic (exact) mass is 602 g/mol. The van der Waals surface area contributed by atoms with Gasteiger partial charge in [0.25, 0.3) is 0 Å². The molecule has 2 atom stereocenters. The van der Waals surface area contributed by atoms with Crippen LogP contribution in [0.1, 0.15) is 58.5 Å². The van der Waals surface area contributed by atoms with Crippen LogP contribution in [0.25, 0.3) is 0 Å². The molecule has 1 aliphatic heterocycles. The summed E-state index contributed by atoms with van der Waals surface area (Å²) < 4.78 is 24.7. The summed E-state index contributed by atoms with van der Waals surface area (Å²) in [5.41, 5.74) is 1.60. The number of rotatable bonds is 9. The highest BCUT2D eigenvalue weighted by atomic mass is 19.1. The van der Waals surface area contributed by atoms with Crippen molar-refractivity contribution < 1.29 is 37.8 Å². The standard InChI is InChI=1S/C34H35FN2O7/c1-20-25(13-8-14-28(20)35)30-26(31(39)21-9-6-11-23(15-21)33(41)43-4)17-37(19-29(38)36(2)3)18-27(30)32(40)22-10-7-12-24(16-22)34(42)44-5/h6-16,26-27,30H,17-19H2,1-5H3. The highest BCUT2D eigenvalue weighted by Crippen LogP contribution is 2.42. The first-order chi connectivity index (χ1) is 21.0. The third kappa shape index (κ3) is 6.75. The SMILES string of the molecule is COC(=O)c1cccc(C(=O)C2CN(CC(=O)N(C)C)CC(C(=O)c3cccc(C(=O)OC)c3)C2c2cccc(F)c2C)c1. The average molecular weight is 603 g/mol. The van der Waals surface area contributed by atoms with Crippen molar-refractivity contribution in [2.45, 2.75) is 12.8 Å². The Labute approximate surface area is 255 Å². The normalized spacial score (nSPS) is 18.3. The number of benzene rings is 3. The number of halogens is 1. The Bertz CT molecular complexity index is 1520. The summed E-state index contributed by atoms with van der Waals surface area (Å²) >= 11 is 0. The fourth-order valence-electron chi connectivity index (χ4n) is 5.77. The minimum Gasteiger partial charge on any atom is -0.465 e. The maximum absolute atomic E-state index is 15.0. The van der Waals surface area contributed by atoms with Crippen LogP contribution in [0.2, 0.25) is 0 Å². The molecule has 0 aromatic heterocycles. The van der Waals surface area contributed by atoms with Crippen LogP contribution in [-0.4, -0.2) is 87.2 Å². The van der Waals surface area contributed by atoms with Crippen LogP contribution in [0.4, 0.5) is 4.39 Å². The number of likely N-dealkylation sites (N-methyl/N-ethyl adjacent to an activating group) is 1. The number of hydrogen-bond acceptors (Lipinski definition) is 8. The van der Waals surface area contributed by atoms with Gasteiger partial charge in [-0.3, -0.25) is 19.3 Å². The number of likely N-dealkylation sites (tertiary alicyclic amines) is 1. The van der Waals surface area contributed by atoms with Crippen molar-refractivity contribution in [2.24, 2.45) is 11.8 Å². The molecular weight excluding hydrogens is 567 g/mol. The quantitative estimate of drug-likeness (QED) is 0.265. The molecule has 1 heterocycles. The molecule has 9 nitrogen and oxygen atoms in total. The molecule has 10 heteroatoms. The number of carbonyl (C=O) groups excluding carboxylic acids is 5. The first kappa shape index (κ1) is 32.2. The lowest BCUT2D eigenvalue weighted by Gasteiger charge is -2.43. The molecule has 0 spiro atoms. The van der Waals surface area contributed by atoms with Crippen LogP contribution < -0.4 is 0 Å². The molecule has 1 fully saturated rings. The van der Waals surface area contributed by atoms with Gasteiger partial charge >= 0.3 is 11.9 Å². The average Bonchev–Trinajstić information content (AvgIpc) is 3.04. The Hall–Kier alpha value is -4.70. The zero-order chi connectivity index (χ0) is 32.1. The largest absolute Gasteiger partial charge is 0.465 e. The van der Waals surface area contributed by atoms with Crippen LogP contribution in [0.15, 0.2) is 66.7 Å². The zero-order valence-electron chi connectivity index (χ0n) is 25.3. The Morgan fingerprint density at radius 2 is 1.23 bits per heavy atom. The fraction of sp³-hybridized carbons (Fsp3) is 0.324. The number of methoxy groups -OCH3 is 2. The second-order valence-corrected chi connectivity index (χ2v) is 11.0. The maximum Gasteiger partial charge on any atom is 0.337 e. The first-order valence-corrected chi connectivity index (χ1v) is 14.1. The van der Waals surface area contributed by atoms with Crippen LogP contribution in [0.5, 0.6) is 0 Å². The zero-order valence-corrected chi connectivity index (χ0v) is 25.3. The van der Waals surface area contributed by atoms with Gasteiger partial charge in [0.15, 0.2) is 11.6 Å². The lowest BCUT2D eigenvalue weighted by atomic mass is 9.67. The lowest BCUT2D eigenvalue weighted by molar-refractivity contribution is -0.130. The summed E-state index contributed by atoms with van der Waals surface area (Å²) in [4.78, 5) is 69.2. The molecule has 3 aromatic carbocycles. The smallest absolute Gasteiger partial charge is 0.337 e. The number of esters is 2. The van der Waals surface area contributed by atoms with Crippen molar-refractivity contribution in [1.82, 2.24) is 9.80 Å². The Balaban J connectivity index is 1.89. The van der Waals surface area contributed by atoms with Crippen LogP contribution >= 0.6 is 0 Å². The molecule has 0 N–H and O–H groups in total. The minimum atomic E-state index is -0.898. The van der Waals surface area contributed by atoms with E-state index in [0.717, 1.165) is 0 Å². The van der Waals surface area contributed by atoms with E-state index < -0.39 is 35.5 Å². The predicted molar refractivity (Wildman–Crippen MR) is 160 cm³/mol. The van der Waals surface area contributed by atoms with Crippen molar-refractivity contribution in [1.29, 1.82) is 0 Å². The second kappa shape index (κ2) is 13.7. The molecule has 230 valence electrons. The van der Waals surface area contributed by atoms with Crippen molar-refractivity contribution >= 4 is 29.4 Å². The molecule has 0 radical (unpaired) electrons. The highest BCUT2D eigenvalue weighted by Gasteiger charge is 2.46. The summed E-state index contributed by atoms with van der Waals surface area (Å²) in [5, 5.41) is 0. The van der Waals surface area contributed by atoms with Crippen LogP contribution in [-0.2, 0) is 14.3 Å². The molecule has 1 amide bonds. The van der Waals surface area contributed by atoms with E-state index in [1.807, 2.05) is 0 Å². The van der Waals surface area contributed by atoms with Gasteiger partial charge in [0.2, 0.25) is 5.91 Å². The molecule has 1 aliphatic rings. The number of ether oxygens (including phenoxy) is 2. The molecular formula is C34H35FN2O7. The highest BCUT2D eigenvalue weighted by molar-refractivity contribution is 6.04. The third-order valence-corrected chi connectivity index (χ3v) is 8.11. The Morgan fingerprint density at radius 3 is 1.68 bits per heavy atom. The van der Waals surface area contributed by atoms with Gasteiger partial charge in [-0.05, 0) is 48.4 Å². The molecule has 3 aromatic rings. The molecule has 2 unspecified atom stereocenters. The van der Waals surface area contributed by atoms with E-state index in [2.05, 4.69) is 0 Å². The topological polar surface area (TPSA) is 110 Å². The van der Waals surface area contributed by atoms with Gasteiger partial charge < -0.3 is 14.4 Å². The lowest BCUT2D eigenvalue weighted by Crippen LogP contribution is -2.52. The number of nitrogens with zero attached hydrogens (tertiary/aromatic N) is 2. The number of amides is 1. The van der Waals surface area contributed by atoms with E-state index in [1.165, 1.54) is 49.5 Å². The van der Waals surface area contributed by atoms with Crippen LogP contribution in [0.3, 0.4) is 0 Å². The number of piperidine rings is 1. The summed E-state index contributed by atoms with van der Waals surface area (Å²) in [6, 6.07) is 16.8. The first-order valence-electron chi connectivity index (χ1n) is 14.1. The van der Waals surface area contributed by atoms with Gasteiger partial charge in [-0.15, -0.1) is 0 Å². The van der Waals surface area contributed by atoms with Gasteiger partial charge in [-0.25, -0.2) is 14.0 Å². The number of ketones is 2. The van der Waals surface area contributed by atoms with E-state index in [9.17, 15) is 24.0 Å². The summed E-state index contributed by atoms with van der Waals surface area (Å²) in [6.45, 7) is 1.76. The fourth-order valence-corrected chi connectivity index (χ4v) is 5.77. The van der Waals surface area contributed by atoms with Crippen molar-refractivity contribution in [3.8, 4) is 0 Å². The van der Waals surface area contributed by atoms with Gasteiger partial charge in [-0.1, -0.05) is 36.4 Å². The van der Waals surface area contributed by atoms with E-state index in [0.29, 0.717) is 11.1 Å². The predicted octanol–water partition coefficient (Wildman–Crippen LogP) is 4.19. The Kier molecular flexibility index (Phi) is 10.1. The summed E-state index contributed by atoms with van der Waals surface area (Å²) in [5.74, 6) is -5.25. The molecule has 4 rings (SSSR count). The second-order valence-electron chi connectivity index (χ2n) is 11.0. The summed E-state index contributed by atoms with van der Waals surface area (Å²) in [6.07, 6.45) is 0. The molecule has 0 aliphatic carbocycles. The minimum absolute atomic E-state index is 0.0557. The van der Waals surface area contributed by atoms with Crippen molar-refractivity contribution in [3.63, 3.8) is 0 Å². The van der Waals surface area contributed by atoms with Crippen molar-refractivity contribution in [3.05, 3.63) is 106 Å². The van der Waals surface area contributed by atoms with Crippen LogP contribution in [0, 0.1) is 24.6 Å². The van der Waals surface area contributed by atoms with E-state index >= 15 is 4.39 Å². The van der Waals surface area contributed by atoms with E-state index in [4.69, 9.17) is 9.47 Å².